The van der Waals surface area contributed by atoms with E-state index < -0.39 is 11.7 Å². The summed E-state index contributed by atoms with van der Waals surface area (Å²) in [5.41, 5.74) is -0.0966. The van der Waals surface area contributed by atoms with Gasteiger partial charge in [0, 0.05) is 24.2 Å². The van der Waals surface area contributed by atoms with Gasteiger partial charge in [0.15, 0.2) is 5.78 Å². The third kappa shape index (κ3) is 6.02. The number of rotatable bonds is 4. The molecule has 5 nitrogen and oxygen atoms in total. The van der Waals surface area contributed by atoms with Gasteiger partial charge in [0.2, 0.25) is 0 Å². The quantitative estimate of drug-likeness (QED) is 0.684. The lowest BCUT2D eigenvalue weighted by molar-refractivity contribution is 0.0506. The molecule has 0 radical (unpaired) electrons. The molecule has 6 heteroatoms. The summed E-state index contributed by atoms with van der Waals surface area (Å²) in [5, 5.41) is 2.95. The zero-order valence-corrected chi connectivity index (χ0v) is 12.8. The molecule has 0 aliphatic rings. The number of alkyl carbamates (subject to hydrolysis) is 1. The smallest absolute Gasteiger partial charge is 0.407 e. The van der Waals surface area contributed by atoms with Gasteiger partial charge >= 0.3 is 6.09 Å². The van der Waals surface area contributed by atoms with E-state index in [-0.39, 0.29) is 18.2 Å². The van der Waals surface area contributed by atoms with Crippen LogP contribution in [0.25, 0.3) is 0 Å². The molecule has 0 bridgehead atoms. The number of amides is 1. The standard InChI is InChI=1S/C14H19ClN2O3/c1-9(17-13(19)20-14(2,3)4)7-11(18)10-5-6-12(15)16-8-10/h5-6,8-9H,7H2,1-4H3,(H,17,19). The predicted molar refractivity (Wildman–Crippen MR) is 77.0 cm³/mol. The third-order valence-electron chi connectivity index (χ3n) is 2.30. The Morgan fingerprint density at radius 3 is 2.55 bits per heavy atom. The molecule has 0 fully saturated rings. The Hall–Kier alpha value is -1.62. The van der Waals surface area contributed by atoms with E-state index in [2.05, 4.69) is 10.3 Å². The normalized spacial score (nSPS) is 12.7. The van der Waals surface area contributed by atoms with Crippen LogP contribution in [0.15, 0.2) is 18.3 Å². The predicted octanol–water partition coefficient (Wildman–Crippen LogP) is 3.22. The number of hydrogen-bond acceptors (Lipinski definition) is 4. The number of pyridine rings is 1. The second kappa shape index (κ2) is 6.70. The highest BCUT2D eigenvalue weighted by molar-refractivity contribution is 6.29. The molecule has 110 valence electrons. The van der Waals surface area contributed by atoms with Gasteiger partial charge in [0.05, 0.1) is 0 Å². The molecule has 1 N–H and O–H groups in total. The Kier molecular flexibility index (Phi) is 5.51. The summed E-state index contributed by atoms with van der Waals surface area (Å²) in [5.74, 6) is -0.113. The second-order valence-corrected chi connectivity index (χ2v) is 5.93. The monoisotopic (exact) mass is 298 g/mol. The van der Waals surface area contributed by atoms with Gasteiger partial charge in [0.1, 0.15) is 10.8 Å². The molecule has 1 aromatic rings. The fourth-order valence-electron chi connectivity index (χ4n) is 1.50. The number of carbonyl (C=O) groups is 2. The van der Waals surface area contributed by atoms with E-state index in [9.17, 15) is 9.59 Å². The number of aromatic nitrogens is 1. The molecule has 0 aliphatic heterocycles. The van der Waals surface area contributed by atoms with Crippen LogP contribution in [0.4, 0.5) is 4.79 Å². The molecule has 1 heterocycles. The van der Waals surface area contributed by atoms with Crippen molar-refractivity contribution in [2.24, 2.45) is 0 Å². The molecule has 1 unspecified atom stereocenters. The van der Waals surface area contributed by atoms with E-state index in [0.29, 0.717) is 10.7 Å². The Bertz CT molecular complexity index is 480. The molecule has 0 aromatic carbocycles. The number of carbonyl (C=O) groups excluding carboxylic acids is 2. The zero-order valence-electron chi connectivity index (χ0n) is 12.1. The van der Waals surface area contributed by atoms with Crippen LogP contribution in [-0.4, -0.2) is 28.5 Å². The molecule has 0 saturated heterocycles. The molecule has 0 aliphatic carbocycles. The summed E-state index contributed by atoms with van der Waals surface area (Å²) in [6, 6.07) is 2.84. The summed E-state index contributed by atoms with van der Waals surface area (Å²) in [7, 11) is 0. The van der Waals surface area contributed by atoms with Gasteiger partial charge in [-0.25, -0.2) is 9.78 Å². The van der Waals surface area contributed by atoms with Gasteiger partial charge in [-0.3, -0.25) is 4.79 Å². The average Bonchev–Trinajstić information content (AvgIpc) is 2.26. The number of halogens is 1. The first-order valence-corrected chi connectivity index (χ1v) is 6.69. The van der Waals surface area contributed by atoms with Crippen molar-refractivity contribution in [1.29, 1.82) is 0 Å². The first kappa shape index (κ1) is 16.4. The Labute approximate surface area is 123 Å². The number of hydrogen-bond donors (Lipinski definition) is 1. The van der Waals surface area contributed by atoms with Gasteiger partial charge in [-0.15, -0.1) is 0 Å². The van der Waals surface area contributed by atoms with Gasteiger partial charge in [-0.05, 0) is 39.8 Å². The fraction of sp³-hybridized carbons (Fsp3) is 0.500. The van der Waals surface area contributed by atoms with Crippen molar-refractivity contribution >= 4 is 23.5 Å². The van der Waals surface area contributed by atoms with Crippen LogP contribution in [0.1, 0.15) is 44.5 Å². The molecule has 0 spiro atoms. The maximum absolute atomic E-state index is 12.0. The third-order valence-corrected chi connectivity index (χ3v) is 2.53. The van der Waals surface area contributed by atoms with Crippen molar-refractivity contribution in [3.05, 3.63) is 29.0 Å². The van der Waals surface area contributed by atoms with E-state index in [0.717, 1.165) is 0 Å². The van der Waals surface area contributed by atoms with Crippen LogP contribution in [0.3, 0.4) is 0 Å². The number of ether oxygens (including phenoxy) is 1. The first-order chi connectivity index (χ1) is 9.17. The SMILES string of the molecule is CC(CC(=O)c1ccc(Cl)nc1)NC(=O)OC(C)(C)C. The van der Waals surface area contributed by atoms with E-state index in [1.807, 2.05) is 0 Å². The molecule has 20 heavy (non-hydrogen) atoms. The summed E-state index contributed by atoms with van der Waals surface area (Å²) in [6.07, 6.45) is 1.06. The van der Waals surface area contributed by atoms with Gasteiger partial charge in [0.25, 0.3) is 0 Å². The minimum atomic E-state index is -0.562. The van der Waals surface area contributed by atoms with Crippen LogP contribution in [-0.2, 0) is 4.74 Å². The number of ketones is 1. The lowest BCUT2D eigenvalue weighted by atomic mass is 10.1. The van der Waals surface area contributed by atoms with Crippen LogP contribution >= 0.6 is 11.6 Å². The Balaban J connectivity index is 2.50. The van der Waals surface area contributed by atoms with Crippen LogP contribution < -0.4 is 5.32 Å². The summed E-state index contributed by atoms with van der Waals surface area (Å²) < 4.78 is 5.12. The molecular formula is C14H19ClN2O3. The molecule has 1 rings (SSSR count). The molecule has 0 saturated carbocycles. The van der Waals surface area contributed by atoms with Crippen molar-refractivity contribution < 1.29 is 14.3 Å². The second-order valence-electron chi connectivity index (χ2n) is 5.54. The molecule has 1 aromatic heterocycles. The van der Waals surface area contributed by atoms with Crippen molar-refractivity contribution in [2.45, 2.75) is 45.8 Å². The highest BCUT2D eigenvalue weighted by Gasteiger charge is 2.19. The lowest BCUT2D eigenvalue weighted by Crippen LogP contribution is -2.38. The molecular weight excluding hydrogens is 280 g/mol. The van der Waals surface area contributed by atoms with E-state index in [4.69, 9.17) is 16.3 Å². The maximum Gasteiger partial charge on any atom is 0.407 e. The first-order valence-electron chi connectivity index (χ1n) is 6.31. The maximum atomic E-state index is 12.0. The highest BCUT2D eigenvalue weighted by Crippen LogP contribution is 2.10. The van der Waals surface area contributed by atoms with Crippen molar-refractivity contribution in [3.63, 3.8) is 0 Å². The van der Waals surface area contributed by atoms with Gasteiger partial charge in [-0.2, -0.15) is 0 Å². The van der Waals surface area contributed by atoms with Gasteiger partial charge < -0.3 is 10.1 Å². The number of nitrogens with zero attached hydrogens (tertiary/aromatic N) is 1. The van der Waals surface area contributed by atoms with Crippen molar-refractivity contribution in [1.82, 2.24) is 10.3 Å². The van der Waals surface area contributed by atoms with E-state index in [1.54, 1.807) is 39.8 Å². The summed E-state index contributed by atoms with van der Waals surface area (Å²) in [4.78, 5) is 27.4. The topological polar surface area (TPSA) is 68.3 Å². The van der Waals surface area contributed by atoms with E-state index >= 15 is 0 Å². The fourth-order valence-corrected chi connectivity index (χ4v) is 1.61. The van der Waals surface area contributed by atoms with Gasteiger partial charge in [-0.1, -0.05) is 11.6 Å². The molecule has 1 atom stereocenters. The largest absolute Gasteiger partial charge is 0.444 e. The minimum absolute atomic E-state index is 0.113. The number of Topliss-reactive ketones (excluding diaryl/α,β-unsaturated/α-hetero) is 1. The minimum Gasteiger partial charge on any atom is -0.444 e. The van der Waals surface area contributed by atoms with Crippen molar-refractivity contribution in [3.8, 4) is 0 Å². The Morgan fingerprint density at radius 1 is 1.40 bits per heavy atom. The lowest BCUT2D eigenvalue weighted by Gasteiger charge is -2.21. The Morgan fingerprint density at radius 2 is 2.05 bits per heavy atom. The highest BCUT2D eigenvalue weighted by atomic mass is 35.5. The average molecular weight is 299 g/mol. The summed E-state index contributed by atoms with van der Waals surface area (Å²) in [6.45, 7) is 7.08. The van der Waals surface area contributed by atoms with Crippen LogP contribution in [0.2, 0.25) is 5.15 Å². The summed E-state index contributed by atoms with van der Waals surface area (Å²) >= 11 is 5.66. The van der Waals surface area contributed by atoms with Crippen molar-refractivity contribution in [2.75, 3.05) is 0 Å². The zero-order chi connectivity index (χ0) is 15.3. The van der Waals surface area contributed by atoms with E-state index in [1.165, 1.54) is 6.20 Å². The molecule has 1 amide bonds. The van der Waals surface area contributed by atoms with Crippen LogP contribution in [0, 0.1) is 0 Å². The van der Waals surface area contributed by atoms with Crippen LogP contribution in [0.5, 0.6) is 0 Å². The number of nitrogens with one attached hydrogen (secondary N) is 1.